The number of anilines is 1. The molecule has 1 saturated heterocycles. The van der Waals surface area contributed by atoms with E-state index in [-0.39, 0.29) is 23.5 Å². The van der Waals surface area contributed by atoms with Crippen molar-refractivity contribution in [2.45, 2.75) is 23.8 Å². The summed E-state index contributed by atoms with van der Waals surface area (Å²) >= 11 is 1.35. The Kier molecular flexibility index (Phi) is 5.30. The predicted octanol–water partition coefficient (Wildman–Crippen LogP) is 2.46. The van der Waals surface area contributed by atoms with Gasteiger partial charge in [-0.05, 0) is 48.6 Å². The topological polar surface area (TPSA) is 84.5 Å². The van der Waals surface area contributed by atoms with E-state index in [1.165, 1.54) is 23.5 Å². The van der Waals surface area contributed by atoms with Crippen LogP contribution < -0.4 is 10.0 Å². The number of nitrogens with one attached hydrogen (secondary N) is 2. The van der Waals surface area contributed by atoms with Gasteiger partial charge < -0.3 is 10.1 Å². The molecular formula is C16H18N2O4S2. The van der Waals surface area contributed by atoms with Crippen molar-refractivity contribution < 1.29 is 17.9 Å². The number of amides is 1. The van der Waals surface area contributed by atoms with Crippen LogP contribution in [0.25, 0.3) is 0 Å². The zero-order valence-electron chi connectivity index (χ0n) is 12.9. The molecule has 128 valence electrons. The van der Waals surface area contributed by atoms with E-state index in [1.807, 2.05) is 5.38 Å². The first-order chi connectivity index (χ1) is 11.5. The molecule has 1 aromatic heterocycles. The molecule has 0 unspecified atom stereocenters. The molecule has 0 saturated carbocycles. The minimum absolute atomic E-state index is 0.0517. The van der Waals surface area contributed by atoms with Crippen LogP contribution in [0, 0.1) is 0 Å². The maximum absolute atomic E-state index is 12.3. The number of hydrogen-bond acceptors (Lipinski definition) is 5. The SMILES string of the molecule is O=C(Nc1ccc(S(=O)(=O)NC[C@@H]2CCCO2)cc1)c1cccs1. The molecule has 8 heteroatoms. The molecule has 6 nitrogen and oxygen atoms in total. The fourth-order valence-electron chi connectivity index (χ4n) is 2.41. The summed E-state index contributed by atoms with van der Waals surface area (Å²) in [6.45, 7) is 0.963. The molecule has 2 N–H and O–H groups in total. The summed E-state index contributed by atoms with van der Waals surface area (Å²) in [6, 6.07) is 9.63. The van der Waals surface area contributed by atoms with Crippen LogP contribution in [0.2, 0.25) is 0 Å². The van der Waals surface area contributed by atoms with Crippen molar-refractivity contribution in [3.63, 3.8) is 0 Å². The molecule has 3 rings (SSSR count). The lowest BCUT2D eigenvalue weighted by atomic mass is 10.2. The Bertz CT molecular complexity index is 780. The number of rotatable bonds is 6. The van der Waals surface area contributed by atoms with Gasteiger partial charge in [0.1, 0.15) is 0 Å². The summed E-state index contributed by atoms with van der Waals surface area (Å²) in [6.07, 6.45) is 1.78. The van der Waals surface area contributed by atoms with Crippen molar-refractivity contribution in [2.75, 3.05) is 18.5 Å². The van der Waals surface area contributed by atoms with Crippen molar-refractivity contribution in [3.05, 3.63) is 46.7 Å². The second-order valence-electron chi connectivity index (χ2n) is 5.44. The maximum atomic E-state index is 12.3. The van der Waals surface area contributed by atoms with Crippen LogP contribution in [0.3, 0.4) is 0 Å². The zero-order chi connectivity index (χ0) is 17.0. The molecule has 1 atom stereocenters. The lowest BCUT2D eigenvalue weighted by molar-refractivity contribution is 0.103. The second kappa shape index (κ2) is 7.43. The number of thiophene rings is 1. The molecule has 0 spiro atoms. The summed E-state index contributed by atoms with van der Waals surface area (Å²) in [7, 11) is -3.58. The van der Waals surface area contributed by atoms with Gasteiger partial charge in [-0.2, -0.15) is 0 Å². The average Bonchev–Trinajstić information content (AvgIpc) is 3.27. The standard InChI is InChI=1S/C16H18N2O4S2/c19-16(15-4-2-10-23-15)18-12-5-7-14(8-6-12)24(20,21)17-11-13-3-1-9-22-13/h2,4-8,10,13,17H,1,3,9,11H2,(H,18,19)/t13-/m0/s1. The van der Waals surface area contributed by atoms with Gasteiger partial charge in [0.25, 0.3) is 5.91 Å². The molecular weight excluding hydrogens is 348 g/mol. The van der Waals surface area contributed by atoms with Gasteiger partial charge in [0.05, 0.1) is 15.9 Å². The number of carbonyl (C=O) groups excluding carboxylic acids is 1. The smallest absolute Gasteiger partial charge is 0.265 e. The summed E-state index contributed by atoms with van der Waals surface area (Å²) in [5.74, 6) is -0.211. The second-order valence-corrected chi connectivity index (χ2v) is 8.16. The van der Waals surface area contributed by atoms with E-state index in [1.54, 1.807) is 24.3 Å². The Morgan fingerprint density at radius 3 is 2.67 bits per heavy atom. The maximum Gasteiger partial charge on any atom is 0.265 e. The molecule has 0 aliphatic carbocycles. The van der Waals surface area contributed by atoms with Crippen molar-refractivity contribution in [1.82, 2.24) is 4.72 Å². The van der Waals surface area contributed by atoms with Gasteiger partial charge in [-0.3, -0.25) is 4.79 Å². The highest BCUT2D eigenvalue weighted by molar-refractivity contribution is 7.89. The largest absolute Gasteiger partial charge is 0.377 e. The fourth-order valence-corrected chi connectivity index (χ4v) is 4.09. The van der Waals surface area contributed by atoms with Crippen LogP contribution in [0.15, 0.2) is 46.7 Å². The first-order valence-corrected chi connectivity index (χ1v) is 9.97. The van der Waals surface area contributed by atoms with E-state index in [4.69, 9.17) is 4.74 Å². The van der Waals surface area contributed by atoms with Crippen LogP contribution in [0.1, 0.15) is 22.5 Å². The quantitative estimate of drug-likeness (QED) is 0.822. The third kappa shape index (κ3) is 4.21. The highest BCUT2D eigenvalue weighted by atomic mass is 32.2. The predicted molar refractivity (Wildman–Crippen MR) is 92.9 cm³/mol. The number of hydrogen-bond donors (Lipinski definition) is 2. The van der Waals surface area contributed by atoms with Gasteiger partial charge in [-0.15, -0.1) is 11.3 Å². The average molecular weight is 366 g/mol. The first-order valence-electron chi connectivity index (χ1n) is 7.61. The van der Waals surface area contributed by atoms with Gasteiger partial charge >= 0.3 is 0 Å². The van der Waals surface area contributed by atoms with Crippen molar-refractivity contribution in [3.8, 4) is 0 Å². The number of ether oxygens (including phenoxy) is 1. The Labute approximate surface area is 144 Å². The first kappa shape index (κ1) is 17.1. The molecule has 2 heterocycles. The normalized spacial score (nSPS) is 17.8. The van der Waals surface area contributed by atoms with Gasteiger partial charge in [0.15, 0.2) is 0 Å². The van der Waals surface area contributed by atoms with Crippen LogP contribution in [-0.2, 0) is 14.8 Å². The van der Waals surface area contributed by atoms with Crippen LogP contribution >= 0.6 is 11.3 Å². The molecule has 1 aromatic carbocycles. The lowest BCUT2D eigenvalue weighted by Gasteiger charge is -2.12. The molecule has 1 fully saturated rings. The molecule has 2 aromatic rings. The monoisotopic (exact) mass is 366 g/mol. The summed E-state index contributed by atoms with van der Waals surface area (Å²) in [5, 5.41) is 4.56. The summed E-state index contributed by atoms with van der Waals surface area (Å²) in [4.78, 5) is 12.7. The van der Waals surface area contributed by atoms with Crippen LogP contribution in [0.5, 0.6) is 0 Å². The highest BCUT2D eigenvalue weighted by Gasteiger charge is 2.20. The third-order valence-electron chi connectivity index (χ3n) is 3.69. The third-order valence-corrected chi connectivity index (χ3v) is 6.00. The molecule has 1 aliphatic rings. The van der Waals surface area contributed by atoms with Gasteiger partial charge in [0.2, 0.25) is 10.0 Å². The lowest BCUT2D eigenvalue weighted by Crippen LogP contribution is -2.31. The number of benzene rings is 1. The van der Waals surface area contributed by atoms with Crippen molar-refractivity contribution >= 4 is 33.0 Å². The van der Waals surface area contributed by atoms with Crippen molar-refractivity contribution in [2.24, 2.45) is 0 Å². The summed E-state index contributed by atoms with van der Waals surface area (Å²) in [5.41, 5.74) is 0.548. The number of sulfonamides is 1. The highest BCUT2D eigenvalue weighted by Crippen LogP contribution is 2.17. The minimum atomic E-state index is -3.58. The Hall–Kier alpha value is -1.74. The van der Waals surface area contributed by atoms with Crippen LogP contribution in [-0.4, -0.2) is 33.6 Å². The van der Waals surface area contributed by atoms with Crippen LogP contribution in [0.4, 0.5) is 5.69 Å². The molecule has 1 amide bonds. The summed E-state index contributed by atoms with van der Waals surface area (Å²) < 4.78 is 32.5. The van der Waals surface area contributed by atoms with E-state index in [0.29, 0.717) is 17.2 Å². The Morgan fingerprint density at radius 1 is 1.25 bits per heavy atom. The molecule has 0 radical (unpaired) electrons. The van der Waals surface area contributed by atoms with Crippen molar-refractivity contribution in [1.29, 1.82) is 0 Å². The van der Waals surface area contributed by atoms with E-state index >= 15 is 0 Å². The Morgan fingerprint density at radius 2 is 2.04 bits per heavy atom. The van der Waals surface area contributed by atoms with E-state index < -0.39 is 10.0 Å². The van der Waals surface area contributed by atoms with E-state index in [9.17, 15) is 13.2 Å². The van der Waals surface area contributed by atoms with Gasteiger partial charge in [-0.25, -0.2) is 13.1 Å². The molecule has 1 aliphatic heterocycles. The van der Waals surface area contributed by atoms with Gasteiger partial charge in [0, 0.05) is 18.8 Å². The zero-order valence-corrected chi connectivity index (χ0v) is 14.5. The van der Waals surface area contributed by atoms with E-state index in [0.717, 1.165) is 12.8 Å². The fraction of sp³-hybridized carbons (Fsp3) is 0.312. The number of carbonyl (C=O) groups is 1. The Balaban J connectivity index is 1.61. The van der Waals surface area contributed by atoms with Gasteiger partial charge in [-0.1, -0.05) is 6.07 Å². The molecule has 24 heavy (non-hydrogen) atoms. The van der Waals surface area contributed by atoms with E-state index in [2.05, 4.69) is 10.0 Å². The molecule has 0 bridgehead atoms. The minimum Gasteiger partial charge on any atom is -0.377 e.